The Morgan fingerprint density at radius 3 is 2.67 bits per heavy atom. The second-order valence-electron chi connectivity index (χ2n) is 3.45. The minimum Gasteiger partial charge on any atom is -0.428 e. The monoisotopic (exact) mass is 280 g/mol. The predicted molar refractivity (Wildman–Crippen MR) is 65.5 cm³/mol. The first-order valence-corrected chi connectivity index (χ1v) is 5.81. The normalized spacial score (nSPS) is 12.3. The zero-order valence-electron chi connectivity index (χ0n) is 9.32. The van der Waals surface area contributed by atoms with Crippen molar-refractivity contribution in [3.8, 4) is 5.75 Å². The van der Waals surface area contributed by atoms with Crippen LogP contribution in [0.1, 0.15) is 12.0 Å². The van der Waals surface area contributed by atoms with E-state index in [1.807, 2.05) is 0 Å². The van der Waals surface area contributed by atoms with Crippen LogP contribution in [0.5, 0.6) is 5.75 Å². The molecular weight excluding hydrogens is 268 g/mol. The lowest BCUT2D eigenvalue weighted by atomic mass is 10.2. The number of hydrogen-bond acceptors (Lipinski definition) is 2. The largest absolute Gasteiger partial charge is 0.461 e. The van der Waals surface area contributed by atoms with E-state index in [4.69, 9.17) is 0 Å². The van der Waals surface area contributed by atoms with Crippen molar-refractivity contribution < 1.29 is 22.3 Å². The zero-order chi connectivity index (χ0) is 13.6. The molecule has 0 atom stereocenters. The van der Waals surface area contributed by atoms with Gasteiger partial charge >= 0.3 is 12.5 Å². The Labute approximate surface area is 108 Å². The van der Waals surface area contributed by atoms with Gasteiger partial charge < -0.3 is 4.74 Å². The molecule has 1 aromatic carbocycles. The number of alkyl halides is 4. The van der Waals surface area contributed by atoms with Gasteiger partial charge in [0, 0.05) is 0 Å². The fourth-order valence-corrected chi connectivity index (χ4v) is 1.33. The minimum atomic E-state index is -4.48. The predicted octanol–water partition coefficient (Wildman–Crippen LogP) is 4.26. The molecule has 0 N–H and O–H groups in total. The summed E-state index contributed by atoms with van der Waals surface area (Å²) in [4.78, 5) is 0. The lowest BCUT2D eigenvalue weighted by molar-refractivity contribution is -0.253. The van der Waals surface area contributed by atoms with Gasteiger partial charge in [-0.3, -0.25) is 0 Å². The van der Waals surface area contributed by atoms with Gasteiger partial charge in [0.05, 0.1) is 0 Å². The molecule has 0 fully saturated rings. The fourth-order valence-electron chi connectivity index (χ4n) is 1.18. The number of rotatable bonds is 6. The van der Waals surface area contributed by atoms with Crippen molar-refractivity contribution in [1.82, 2.24) is 0 Å². The third-order valence-electron chi connectivity index (χ3n) is 1.97. The Morgan fingerprint density at radius 2 is 2.06 bits per heavy atom. The Hall–Kier alpha value is -1.17. The van der Waals surface area contributed by atoms with Gasteiger partial charge in [0.15, 0.2) is 0 Å². The van der Waals surface area contributed by atoms with Crippen molar-refractivity contribution in [1.29, 1.82) is 0 Å². The zero-order valence-corrected chi connectivity index (χ0v) is 10.2. The quantitative estimate of drug-likeness (QED) is 0.605. The second-order valence-corrected chi connectivity index (χ2v) is 3.90. The summed E-state index contributed by atoms with van der Waals surface area (Å²) < 4.78 is 53.2. The summed E-state index contributed by atoms with van der Waals surface area (Å²) in [5.41, 5.74) is 0.597. The van der Waals surface area contributed by atoms with Gasteiger partial charge in [0.2, 0.25) is 0 Å². The SMILES string of the molecule is FC(F)C(F)(F)Oc1cccc(C=CCCS)c1. The van der Waals surface area contributed by atoms with E-state index in [1.165, 1.54) is 18.2 Å². The molecule has 0 radical (unpaired) electrons. The molecule has 0 saturated carbocycles. The number of allylic oxidation sites excluding steroid dienone is 1. The van der Waals surface area contributed by atoms with E-state index in [2.05, 4.69) is 17.4 Å². The molecule has 0 spiro atoms. The molecule has 0 aliphatic carbocycles. The molecular formula is C12H12F4OS. The topological polar surface area (TPSA) is 9.23 Å². The Kier molecular flexibility index (Phi) is 5.53. The molecule has 0 bridgehead atoms. The van der Waals surface area contributed by atoms with Crippen molar-refractivity contribution in [2.75, 3.05) is 5.75 Å². The van der Waals surface area contributed by atoms with Crippen LogP contribution in [0.3, 0.4) is 0 Å². The summed E-state index contributed by atoms with van der Waals surface area (Å²) in [5.74, 6) is 0.365. The standard InChI is InChI=1S/C12H12F4OS/c13-11(14)12(15,16)17-10-6-3-5-9(8-10)4-1-2-7-18/h1,3-6,8,11,18H,2,7H2. The average Bonchev–Trinajstić information content (AvgIpc) is 2.29. The van der Waals surface area contributed by atoms with E-state index >= 15 is 0 Å². The second kappa shape index (κ2) is 6.68. The molecule has 1 aromatic rings. The number of thiol groups is 1. The molecule has 0 unspecified atom stereocenters. The number of hydrogen-bond donors (Lipinski definition) is 1. The van der Waals surface area contributed by atoms with Crippen LogP contribution in [-0.4, -0.2) is 18.3 Å². The summed E-state index contributed by atoms with van der Waals surface area (Å²) in [6.45, 7) is 0. The van der Waals surface area contributed by atoms with Crippen LogP contribution in [0.15, 0.2) is 30.3 Å². The molecule has 0 heterocycles. The highest BCUT2D eigenvalue weighted by atomic mass is 32.1. The highest BCUT2D eigenvalue weighted by molar-refractivity contribution is 7.80. The summed E-state index contributed by atoms with van der Waals surface area (Å²) in [5, 5.41) is 0. The van der Waals surface area contributed by atoms with Crippen LogP contribution in [-0.2, 0) is 0 Å². The molecule has 6 heteroatoms. The first-order chi connectivity index (χ1) is 8.45. The van der Waals surface area contributed by atoms with E-state index in [0.717, 1.165) is 6.42 Å². The van der Waals surface area contributed by atoms with Crippen LogP contribution < -0.4 is 4.74 Å². The lowest BCUT2D eigenvalue weighted by Crippen LogP contribution is -2.33. The first kappa shape index (κ1) is 14.9. The van der Waals surface area contributed by atoms with Crippen LogP contribution in [0.25, 0.3) is 6.08 Å². The molecule has 1 nitrogen and oxygen atoms in total. The van der Waals surface area contributed by atoms with E-state index in [9.17, 15) is 17.6 Å². The molecule has 100 valence electrons. The first-order valence-electron chi connectivity index (χ1n) is 5.18. The van der Waals surface area contributed by atoms with E-state index in [0.29, 0.717) is 11.3 Å². The molecule has 0 aliphatic rings. The van der Waals surface area contributed by atoms with Crippen molar-refractivity contribution >= 4 is 18.7 Å². The van der Waals surface area contributed by atoms with Gasteiger partial charge in [-0.15, -0.1) is 0 Å². The number of ether oxygens (including phenoxy) is 1. The maximum atomic E-state index is 12.7. The van der Waals surface area contributed by atoms with Crippen LogP contribution >= 0.6 is 12.6 Å². The highest BCUT2D eigenvalue weighted by Crippen LogP contribution is 2.28. The van der Waals surface area contributed by atoms with E-state index in [1.54, 1.807) is 18.2 Å². The molecule has 0 aliphatic heterocycles. The molecule has 1 rings (SSSR count). The average molecular weight is 280 g/mol. The van der Waals surface area contributed by atoms with Gasteiger partial charge in [0.1, 0.15) is 5.75 Å². The van der Waals surface area contributed by atoms with Gasteiger partial charge in [0.25, 0.3) is 0 Å². The van der Waals surface area contributed by atoms with E-state index < -0.39 is 12.5 Å². The lowest BCUT2D eigenvalue weighted by Gasteiger charge is -2.16. The van der Waals surface area contributed by atoms with Crippen molar-refractivity contribution in [2.24, 2.45) is 0 Å². The van der Waals surface area contributed by atoms with Crippen LogP contribution in [0.4, 0.5) is 17.6 Å². The van der Waals surface area contributed by atoms with Crippen LogP contribution in [0, 0.1) is 0 Å². The Bertz CT molecular complexity index is 407. The van der Waals surface area contributed by atoms with Gasteiger partial charge in [-0.25, -0.2) is 0 Å². The third-order valence-corrected chi connectivity index (χ3v) is 2.23. The highest BCUT2D eigenvalue weighted by Gasteiger charge is 2.43. The van der Waals surface area contributed by atoms with Crippen molar-refractivity contribution in [3.05, 3.63) is 35.9 Å². The maximum Gasteiger partial charge on any atom is 0.461 e. The Balaban J connectivity index is 2.76. The van der Waals surface area contributed by atoms with Crippen molar-refractivity contribution in [3.63, 3.8) is 0 Å². The minimum absolute atomic E-state index is 0.298. The molecule has 0 aromatic heterocycles. The fraction of sp³-hybridized carbons (Fsp3) is 0.333. The van der Waals surface area contributed by atoms with Crippen molar-refractivity contribution in [2.45, 2.75) is 19.0 Å². The maximum absolute atomic E-state index is 12.7. The van der Waals surface area contributed by atoms with E-state index in [-0.39, 0.29) is 5.75 Å². The molecule has 18 heavy (non-hydrogen) atoms. The van der Waals surface area contributed by atoms with Crippen LogP contribution in [0.2, 0.25) is 0 Å². The summed E-state index contributed by atoms with van der Waals surface area (Å²) in [7, 11) is 0. The Morgan fingerprint density at radius 1 is 1.33 bits per heavy atom. The molecule has 0 saturated heterocycles. The number of benzene rings is 1. The number of halogens is 4. The molecule has 0 amide bonds. The third kappa shape index (κ3) is 4.60. The smallest absolute Gasteiger partial charge is 0.428 e. The van der Waals surface area contributed by atoms with Gasteiger partial charge in [-0.05, 0) is 29.9 Å². The summed E-state index contributed by atoms with van der Waals surface area (Å²) >= 11 is 4.01. The van der Waals surface area contributed by atoms with Gasteiger partial charge in [-0.1, -0.05) is 24.3 Å². The summed E-state index contributed by atoms with van der Waals surface area (Å²) in [6, 6.07) is 5.58. The van der Waals surface area contributed by atoms with Gasteiger partial charge in [-0.2, -0.15) is 30.2 Å². The summed E-state index contributed by atoms with van der Waals surface area (Å²) in [6.07, 6.45) is -4.13.